The van der Waals surface area contributed by atoms with E-state index in [-0.39, 0.29) is 0 Å². The summed E-state index contributed by atoms with van der Waals surface area (Å²) in [5, 5.41) is 11.5. The van der Waals surface area contributed by atoms with Gasteiger partial charge in [-0.1, -0.05) is 49.8 Å². The molecule has 0 bridgehead atoms. The summed E-state index contributed by atoms with van der Waals surface area (Å²) in [6.45, 7) is 2.41. The molecule has 23 heavy (non-hydrogen) atoms. The fraction of sp³-hybridized carbons (Fsp3) is 0.263. The number of hydrogen-bond acceptors (Lipinski definition) is 3. The molecule has 0 fully saturated rings. The van der Waals surface area contributed by atoms with Crippen molar-refractivity contribution in [1.82, 2.24) is 0 Å². The lowest BCUT2D eigenvalue weighted by atomic mass is 9.97. The first-order chi connectivity index (χ1) is 11.3. The SMILES string of the molecule is CCCCOC(=O)N1c2ccc3ccccc3c2C=CC1C#N. The van der Waals surface area contributed by atoms with Crippen molar-refractivity contribution in [2.75, 3.05) is 11.5 Å². The molecule has 1 unspecified atom stereocenters. The Hall–Kier alpha value is -2.80. The van der Waals surface area contributed by atoms with Gasteiger partial charge in [0.25, 0.3) is 0 Å². The molecule has 4 heteroatoms. The van der Waals surface area contributed by atoms with Crippen LogP contribution in [0.5, 0.6) is 0 Å². The second kappa shape index (κ2) is 6.53. The van der Waals surface area contributed by atoms with Crippen molar-refractivity contribution in [1.29, 1.82) is 5.26 Å². The molecule has 0 aliphatic carbocycles. The quantitative estimate of drug-likeness (QED) is 0.784. The third-order valence-corrected chi connectivity index (χ3v) is 3.98. The number of fused-ring (bicyclic) bond motifs is 3. The number of nitrogens with zero attached hydrogens (tertiary/aromatic N) is 2. The Morgan fingerprint density at radius 2 is 2.13 bits per heavy atom. The van der Waals surface area contributed by atoms with E-state index in [1.165, 1.54) is 4.90 Å². The molecule has 3 rings (SSSR count). The van der Waals surface area contributed by atoms with Gasteiger partial charge in [0.05, 0.1) is 18.4 Å². The Balaban J connectivity index is 2.03. The smallest absolute Gasteiger partial charge is 0.415 e. The zero-order chi connectivity index (χ0) is 16.2. The largest absolute Gasteiger partial charge is 0.449 e. The standard InChI is InChI=1S/C19H18N2O2/c1-2-3-12-23-19(22)21-15(13-20)9-10-17-16-7-5-4-6-14(16)8-11-18(17)21/h4-11,15H,2-3,12H2,1H3. The van der Waals surface area contributed by atoms with E-state index in [2.05, 4.69) is 6.07 Å². The maximum Gasteiger partial charge on any atom is 0.415 e. The maximum absolute atomic E-state index is 12.5. The van der Waals surface area contributed by atoms with Crippen LogP contribution in [0.1, 0.15) is 25.3 Å². The number of ether oxygens (including phenoxy) is 1. The minimum absolute atomic E-state index is 0.372. The van der Waals surface area contributed by atoms with Crippen LogP contribution in [0.15, 0.2) is 42.5 Å². The zero-order valence-electron chi connectivity index (χ0n) is 13.0. The van der Waals surface area contributed by atoms with Gasteiger partial charge in [-0.25, -0.2) is 4.79 Å². The number of anilines is 1. The number of nitriles is 1. The van der Waals surface area contributed by atoms with E-state index in [9.17, 15) is 10.1 Å². The average molecular weight is 306 g/mol. The summed E-state index contributed by atoms with van der Waals surface area (Å²) in [6, 6.07) is 13.4. The lowest BCUT2D eigenvalue weighted by Gasteiger charge is -2.30. The highest BCUT2D eigenvalue weighted by atomic mass is 16.6. The van der Waals surface area contributed by atoms with Crippen molar-refractivity contribution < 1.29 is 9.53 Å². The monoisotopic (exact) mass is 306 g/mol. The molecule has 0 saturated carbocycles. The van der Waals surface area contributed by atoms with Crippen LogP contribution < -0.4 is 4.90 Å². The van der Waals surface area contributed by atoms with E-state index in [0.29, 0.717) is 6.61 Å². The van der Waals surface area contributed by atoms with Crippen LogP contribution in [0.4, 0.5) is 10.5 Å². The third kappa shape index (κ3) is 2.78. The Morgan fingerprint density at radius 1 is 1.30 bits per heavy atom. The van der Waals surface area contributed by atoms with Gasteiger partial charge in [-0.05, 0) is 29.3 Å². The van der Waals surface area contributed by atoms with E-state index in [4.69, 9.17) is 4.74 Å². The first-order valence-electron chi connectivity index (χ1n) is 7.82. The number of carbonyl (C=O) groups is 1. The average Bonchev–Trinajstić information content (AvgIpc) is 2.60. The van der Waals surface area contributed by atoms with Gasteiger partial charge in [-0.15, -0.1) is 0 Å². The van der Waals surface area contributed by atoms with E-state index in [0.717, 1.165) is 34.9 Å². The second-order valence-electron chi connectivity index (χ2n) is 5.49. The van der Waals surface area contributed by atoms with Gasteiger partial charge in [0.1, 0.15) is 6.04 Å². The van der Waals surface area contributed by atoms with E-state index in [1.807, 2.05) is 49.4 Å². The molecule has 1 heterocycles. The van der Waals surface area contributed by atoms with Crippen LogP contribution in [0.2, 0.25) is 0 Å². The van der Waals surface area contributed by atoms with Crippen LogP contribution in [0.25, 0.3) is 16.8 Å². The van der Waals surface area contributed by atoms with E-state index < -0.39 is 12.1 Å². The first-order valence-corrected chi connectivity index (χ1v) is 7.82. The summed E-state index contributed by atoms with van der Waals surface area (Å²) < 4.78 is 5.32. The third-order valence-electron chi connectivity index (χ3n) is 3.98. The van der Waals surface area contributed by atoms with Crippen molar-refractivity contribution >= 4 is 28.6 Å². The van der Waals surface area contributed by atoms with Crippen molar-refractivity contribution in [3.05, 3.63) is 48.0 Å². The van der Waals surface area contributed by atoms with Crippen molar-refractivity contribution in [2.24, 2.45) is 0 Å². The maximum atomic E-state index is 12.5. The molecule has 1 aliphatic rings. The molecule has 0 radical (unpaired) electrons. The van der Waals surface area contributed by atoms with Crippen LogP contribution in [-0.4, -0.2) is 18.7 Å². The lowest BCUT2D eigenvalue weighted by molar-refractivity contribution is 0.151. The van der Waals surface area contributed by atoms with Gasteiger partial charge in [-0.3, -0.25) is 4.90 Å². The van der Waals surface area contributed by atoms with Crippen LogP contribution >= 0.6 is 0 Å². The van der Waals surface area contributed by atoms with Gasteiger partial charge >= 0.3 is 6.09 Å². The molecule has 4 nitrogen and oxygen atoms in total. The van der Waals surface area contributed by atoms with Crippen LogP contribution in [0, 0.1) is 11.3 Å². The molecule has 0 saturated heterocycles. The number of rotatable bonds is 3. The minimum atomic E-state index is -0.641. The van der Waals surface area contributed by atoms with Crippen molar-refractivity contribution in [3.8, 4) is 6.07 Å². The molecule has 2 aromatic carbocycles. The molecular weight excluding hydrogens is 288 g/mol. The second-order valence-corrected chi connectivity index (χ2v) is 5.49. The Morgan fingerprint density at radius 3 is 2.91 bits per heavy atom. The number of hydrogen-bond donors (Lipinski definition) is 0. The summed E-state index contributed by atoms with van der Waals surface area (Å²) >= 11 is 0. The molecule has 2 aromatic rings. The molecule has 116 valence electrons. The summed E-state index contributed by atoms with van der Waals surface area (Å²) in [5.74, 6) is 0. The topological polar surface area (TPSA) is 53.3 Å². The molecule has 0 spiro atoms. The predicted octanol–water partition coefficient (Wildman–Crippen LogP) is 4.50. The zero-order valence-corrected chi connectivity index (χ0v) is 13.0. The highest BCUT2D eigenvalue weighted by molar-refractivity contribution is 6.03. The van der Waals surface area contributed by atoms with Gasteiger partial charge < -0.3 is 4.74 Å². The number of amides is 1. The summed E-state index contributed by atoms with van der Waals surface area (Å²) in [7, 11) is 0. The highest BCUT2D eigenvalue weighted by Crippen LogP contribution is 2.35. The molecule has 1 aliphatic heterocycles. The predicted molar refractivity (Wildman–Crippen MR) is 91.1 cm³/mol. The summed E-state index contributed by atoms with van der Waals surface area (Å²) in [5.41, 5.74) is 1.67. The van der Waals surface area contributed by atoms with Crippen LogP contribution in [0.3, 0.4) is 0 Å². The van der Waals surface area contributed by atoms with Gasteiger partial charge in [0.15, 0.2) is 0 Å². The van der Waals surface area contributed by atoms with E-state index >= 15 is 0 Å². The van der Waals surface area contributed by atoms with Gasteiger partial charge in [0.2, 0.25) is 0 Å². The first kappa shape index (κ1) is 15.1. The number of benzene rings is 2. The number of carbonyl (C=O) groups excluding carboxylic acids is 1. The summed E-state index contributed by atoms with van der Waals surface area (Å²) in [4.78, 5) is 13.9. The Bertz CT molecular complexity index is 805. The molecule has 0 aromatic heterocycles. The van der Waals surface area contributed by atoms with E-state index in [1.54, 1.807) is 6.08 Å². The summed E-state index contributed by atoms with van der Waals surface area (Å²) in [6.07, 6.45) is 4.97. The number of unbranched alkanes of at least 4 members (excludes halogenated alkanes) is 1. The minimum Gasteiger partial charge on any atom is -0.449 e. The Kier molecular flexibility index (Phi) is 4.29. The molecule has 1 atom stereocenters. The van der Waals surface area contributed by atoms with Crippen molar-refractivity contribution in [2.45, 2.75) is 25.8 Å². The van der Waals surface area contributed by atoms with Crippen LogP contribution in [-0.2, 0) is 4.74 Å². The van der Waals surface area contributed by atoms with Gasteiger partial charge in [-0.2, -0.15) is 5.26 Å². The van der Waals surface area contributed by atoms with Crippen molar-refractivity contribution in [3.63, 3.8) is 0 Å². The lowest BCUT2D eigenvalue weighted by Crippen LogP contribution is -2.41. The van der Waals surface area contributed by atoms with Gasteiger partial charge in [0, 0.05) is 5.56 Å². The molecule has 0 N–H and O–H groups in total. The highest BCUT2D eigenvalue weighted by Gasteiger charge is 2.30. The molecule has 1 amide bonds. The normalized spacial score (nSPS) is 16.0. The molecular formula is C19H18N2O2. The Labute approximate surface area is 135 Å². The fourth-order valence-corrected chi connectivity index (χ4v) is 2.78. The fourth-order valence-electron chi connectivity index (χ4n) is 2.78.